The van der Waals surface area contributed by atoms with Crippen molar-refractivity contribution in [2.45, 2.75) is 64.8 Å². The molecule has 4 rings (SSSR count). The number of carboxylic acid groups (broad SMARTS) is 1. The van der Waals surface area contributed by atoms with Crippen LogP contribution in [0.2, 0.25) is 0 Å². The molecule has 0 aliphatic carbocycles. The lowest BCUT2D eigenvalue weighted by Gasteiger charge is -2.33. The summed E-state index contributed by atoms with van der Waals surface area (Å²) in [6, 6.07) is 13.2. The van der Waals surface area contributed by atoms with E-state index in [9.17, 15) is 14.7 Å². The van der Waals surface area contributed by atoms with Crippen molar-refractivity contribution in [2.24, 2.45) is 7.05 Å². The van der Waals surface area contributed by atoms with E-state index in [4.69, 9.17) is 9.47 Å². The Labute approximate surface area is 193 Å². The third-order valence-corrected chi connectivity index (χ3v) is 6.02. The lowest BCUT2D eigenvalue weighted by molar-refractivity contribution is -0.161. The number of carbonyl (C=O) groups is 1. The maximum Gasteiger partial charge on any atom is 0.339 e. The molecule has 0 saturated heterocycles. The molecule has 174 valence electrons. The molecule has 2 aromatic carbocycles. The van der Waals surface area contributed by atoms with Gasteiger partial charge in [-0.05, 0) is 82.2 Å². The van der Waals surface area contributed by atoms with Gasteiger partial charge in [0, 0.05) is 18.0 Å². The van der Waals surface area contributed by atoms with Crippen molar-refractivity contribution in [1.82, 2.24) is 4.57 Å². The Morgan fingerprint density at radius 3 is 2.45 bits per heavy atom. The lowest BCUT2D eigenvalue weighted by Crippen LogP contribution is -2.33. The maximum absolute atomic E-state index is 13.2. The smallest absolute Gasteiger partial charge is 0.339 e. The summed E-state index contributed by atoms with van der Waals surface area (Å²) in [6.45, 7) is 9.56. The van der Waals surface area contributed by atoms with Crippen molar-refractivity contribution >= 4 is 16.7 Å². The Kier molecular flexibility index (Phi) is 5.61. The highest BCUT2D eigenvalue weighted by Gasteiger charge is 2.33. The molecule has 0 spiro atoms. The molecular weight excluding hydrogens is 418 g/mol. The summed E-state index contributed by atoms with van der Waals surface area (Å²) in [5.41, 5.74) is 1.73. The number of aromatic nitrogens is 1. The molecule has 1 aliphatic rings. The van der Waals surface area contributed by atoms with Gasteiger partial charge in [-0.15, -0.1) is 0 Å². The summed E-state index contributed by atoms with van der Waals surface area (Å²) in [7, 11) is 1.61. The summed E-state index contributed by atoms with van der Waals surface area (Å²) in [5, 5.41) is 11.4. The normalized spacial score (nSPS) is 16.2. The second-order valence-corrected chi connectivity index (χ2v) is 10.3. The second-order valence-electron chi connectivity index (χ2n) is 10.3. The Bertz CT molecular complexity index is 1300. The summed E-state index contributed by atoms with van der Waals surface area (Å²) < 4.78 is 13.6. The number of ether oxygens (including phenoxy) is 2. The van der Waals surface area contributed by atoms with E-state index in [0.29, 0.717) is 22.0 Å². The minimum Gasteiger partial charge on any atom is -0.488 e. The van der Waals surface area contributed by atoms with Crippen molar-refractivity contribution in [1.29, 1.82) is 0 Å². The number of benzene rings is 2. The molecule has 1 atom stereocenters. The van der Waals surface area contributed by atoms with Crippen LogP contribution < -0.4 is 10.3 Å². The van der Waals surface area contributed by atoms with Crippen LogP contribution >= 0.6 is 0 Å². The van der Waals surface area contributed by atoms with Gasteiger partial charge in [-0.25, -0.2) is 4.79 Å². The first-order chi connectivity index (χ1) is 15.4. The number of aryl methyl sites for hydroxylation is 1. The van der Waals surface area contributed by atoms with Crippen LogP contribution in [0.4, 0.5) is 0 Å². The fraction of sp³-hybridized carbons (Fsp3) is 0.407. The predicted octanol–water partition coefficient (Wildman–Crippen LogP) is 5.25. The molecule has 0 bridgehead atoms. The van der Waals surface area contributed by atoms with E-state index < -0.39 is 17.7 Å². The maximum atomic E-state index is 13.2. The number of hydrogen-bond donors (Lipinski definition) is 1. The molecular formula is C27H31NO5. The highest BCUT2D eigenvalue weighted by Crippen LogP contribution is 2.40. The quantitative estimate of drug-likeness (QED) is 0.589. The van der Waals surface area contributed by atoms with Crippen molar-refractivity contribution in [3.05, 3.63) is 64.1 Å². The summed E-state index contributed by atoms with van der Waals surface area (Å²) in [6.07, 6.45) is 0.430. The number of rotatable bonds is 4. The number of nitrogens with zero attached hydrogens (tertiary/aromatic N) is 1. The molecule has 1 N–H and O–H groups in total. The first-order valence-corrected chi connectivity index (χ1v) is 11.2. The summed E-state index contributed by atoms with van der Waals surface area (Å²) >= 11 is 0. The Balaban J connectivity index is 2.03. The Hall–Kier alpha value is -3.12. The van der Waals surface area contributed by atoms with Crippen LogP contribution in [-0.4, -0.2) is 26.8 Å². The van der Waals surface area contributed by atoms with Crippen LogP contribution in [0, 0.1) is 0 Å². The zero-order valence-corrected chi connectivity index (χ0v) is 20.1. The standard InChI is InChI=1S/C27H31NO5/c1-26(2,3)33-23(25(30)31)22-21(18-9-7-8-10-19(18)24(29)28(22)6)17-11-12-20-16(15-17)13-14-27(4,5)32-20/h7-12,15,23H,13-14H2,1-6H3,(H,30,31). The van der Waals surface area contributed by atoms with E-state index in [1.165, 1.54) is 4.57 Å². The lowest BCUT2D eigenvalue weighted by atomic mass is 9.89. The van der Waals surface area contributed by atoms with Crippen LogP contribution in [0.3, 0.4) is 0 Å². The minimum absolute atomic E-state index is 0.224. The Morgan fingerprint density at radius 1 is 1.15 bits per heavy atom. The largest absolute Gasteiger partial charge is 0.488 e. The highest BCUT2D eigenvalue weighted by molar-refractivity contribution is 5.99. The highest BCUT2D eigenvalue weighted by atomic mass is 16.5. The van der Waals surface area contributed by atoms with Gasteiger partial charge in [0.25, 0.3) is 5.56 Å². The van der Waals surface area contributed by atoms with Crippen molar-refractivity contribution in [3.8, 4) is 16.9 Å². The fourth-order valence-electron chi connectivity index (χ4n) is 4.48. The molecule has 2 heterocycles. The average molecular weight is 450 g/mol. The third kappa shape index (κ3) is 4.40. The van der Waals surface area contributed by atoms with Gasteiger partial charge in [0.15, 0.2) is 6.10 Å². The molecule has 0 fully saturated rings. The van der Waals surface area contributed by atoms with Gasteiger partial charge in [-0.3, -0.25) is 4.79 Å². The van der Waals surface area contributed by atoms with Crippen LogP contribution in [0.1, 0.15) is 58.4 Å². The van der Waals surface area contributed by atoms with Crippen LogP contribution in [0.15, 0.2) is 47.3 Å². The fourth-order valence-corrected chi connectivity index (χ4v) is 4.48. The molecule has 0 radical (unpaired) electrons. The number of carboxylic acids is 1. The number of pyridine rings is 1. The molecule has 1 unspecified atom stereocenters. The first kappa shape index (κ1) is 23.1. The van der Waals surface area contributed by atoms with Crippen molar-refractivity contribution in [3.63, 3.8) is 0 Å². The minimum atomic E-state index is -1.31. The van der Waals surface area contributed by atoms with Gasteiger partial charge in [-0.1, -0.05) is 24.3 Å². The molecule has 1 aliphatic heterocycles. The first-order valence-electron chi connectivity index (χ1n) is 11.2. The summed E-state index contributed by atoms with van der Waals surface area (Å²) in [5.74, 6) is -0.300. The van der Waals surface area contributed by atoms with E-state index in [1.807, 2.05) is 30.3 Å². The number of hydrogen-bond acceptors (Lipinski definition) is 4. The van der Waals surface area contributed by atoms with Gasteiger partial charge >= 0.3 is 5.97 Å². The van der Waals surface area contributed by atoms with Crippen LogP contribution in [0.5, 0.6) is 5.75 Å². The third-order valence-electron chi connectivity index (χ3n) is 6.02. The average Bonchev–Trinajstić information content (AvgIpc) is 2.73. The second kappa shape index (κ2) is 8.03. The van der Waals surface area contributed by atoms with Crippen molar-refractivity contribution < 1.29 is 19.4 Å². The zero-order valence-electron chi connectivity index (χ0n) is 20.1. The molecule has 6 nitrogen and oxygen atoms in total. The monoisotopic (exact) mass is 449 g/mol. The van der Waals surface area contributed by atoms with E-state index >= 15 is 0 Å². The molecule has 3 aromatic rings. The molecule has 6 heteroatoms. The van der Waals surface area contributed by atoms with Gasteiger partial charge in [0.1, 0.15) is 11.4 Å². The molecule has 1 aromatic heterocycles. The zero-order chi connectivity index (χ0) is 24.1. The van der Waals surface area contributed by atoms with Crippen LogP contribution in [-0.2, 0) is 23.0 Å². The van der Waals surface area contributed by atoms with Crippen LogP contribution in [0.25, 0.3) is 21.9 Å². The van der Waals surface area contributed by atoms with Gasteiger partial charge in [0.2, 0.25) is 0 Å². The topological polar surface area (TPSA) is 77.8 Å². The molecule has 0 amide bonds. The molecule has 0 saturated carbocycles. The van der Waals surface area contributed by atoms with E-state index in [-0.39, 0.29) is 11.2 Å². The van der Waals surface area contributed by atoms with Crippen molar-refractivity contribution in [2.75, 3.05) is 0 Å². The van der Waals surface area contributed by atoms with E-state index in [2.05, 4.69) is 19.9 Å². The van der Waals surface area contributed by atoms with Gasteiger partial charge < -0.3 is 19.1 Å². The SMILES string of the molecule is Cn1c(C(OC(C)(C)C)C(=O)O)c(-c2ccc3c(c2)CCC(C)(C)O3)c2ccccc2c1=O. The van der Waals surface area contributed by atoms with E-state index in [1.54, 1.807) is 33.9 Å². The van der Waals surface area contributed by atoms with Gasteiger partial charge in [-0.2, -0.15) is 0 Å². The van der Waals surface area contributed by atoms with Gasteiger partial charge in [0.05, 0.1) is 11.3 Å². The summed E-state index contributed by atoms with van der Waals surface area (Å²) in [4.78, 5) is 25.6. The number of fused-ring (bicyclic) bond motifs is 2. The Morgan fingerprint density at radius 2 is 1.82 bits per heavy atom. The van der Waals surface area contributed by atoms with E-state index in [0.717, 1.165) is 29.7 Å². The molecule has 33 heavy (non-hydrogen) atoms. The number of aliphatic carboxylic acids is 1. The predicted molar refractivity (Wildman–Crippen MR) is 129 cm³/mol.